The molecule has 1 aliphatic rings. The molecule has 18 heavy (non-hydrogen) atoms. The lowest BCUT2D eigenvalue weighted by Gasteiger charge is -2.17. The molecule has 5 heteroatoms. The first-order valence-corrected chi connectivity index (χ1v) is 8.84. The van der Waals surface area contributed by atoms with Crippen LogP contribution in [-0.4, -0.2) is 19.8 Å². The Labute approximate surface area is 130 Å². The van der Waals surface area contributed by atoms with Gasteiger partial charge in [-0.2, -0.15) is 0 Å². The van der Waals surface area contributed by atoms with Gasteiger partial charge in [0.05, 0.1) is 13.7 Å². The summed E-state index contributed by atoms with van der Waals surface area (Å²) in [6.07, 6.45) is 6.58. The van der Waals surface area contributed by atoms with E-state index in [0.717, 1.165) is 13.0 Å². The number of thiophene rings is 1. The van der Waals surface area contributed by atoms with Gasteiger partial charge in [0.1, 0.15) is 0 Å². The van der Waals surface area contributed by atoms with Crippen molar-refractivity contribution in [3.63, 3.8) is 0 Å². The summed E-state index contributed by atoms with van der Waals surface area (Å²) in [5.74, 6) is 0. The maximum Gasteiger partial charge on any atom is 0.0758 e. The quantitative estimate of drug-likeness (QED) is 0.739. The van der Waals surface area contributed by atoms with Crippen molar-refractivity contribution in [2.75, 3.05) is 13.7 Å². The molecule has 0 radical (unpaired) electrons. The first-order valence-electron chi connectivity index (χ1n) is 6.44. The van der Waals surface area contributed by atoms with Crippen molar-refractivity contribution in [3.05, 3.63) is 19.2 Å². The zero-order chi connectivity index (χ0) is 13.0. The summed E-state index contributed by atoms with van der Waals surface area (Å²) in [6.45, 7) is 0.961. The van der Waals surface area contributed by atoms with Gasteiger partial charge >= 0.3 is 0 Å². The Kier molecular flexibility index (Phi) is 6.15. The third kappa shape index (κ3) is 4.04. The molecule has 1 aliphatic heterocycles. The molecule has 0 aliphatic carbocycles. The van der Waals surface area contributed by atoms with Crippen LogP contribution >= 0.6 is 43.2 Å². The van der Waals surface area contributed by atoms with Gasteiger partial charge < -0.3 is 10.1 Å². The maximum absolute atomic E-state index is 5.67. The van der Waals surface area contributed by atoms with E-state index in [9.17, 15) is 0 Å². The molecule has 0 bridgehead atoms. The normalized spacial score (nSPS) is 21.4. The summed E-state index contributed by atoms with van der Waals surface area (Å²) >= 11 is 8.92. The van der Waals surface area contributed by atoms with Crippen LogP contribution in [-0.2, 0) is 4.74 Å². The van der Waals surface area contributed by atoms with E-state index < -0.39 is 0 Å². The second-order valence-electron chi connectivity index (χ2n) is 4.69. The van der Waals surface area contributed by atoms with Crippen LogP contribution in [0.5, 0.6) is 0 Å². The molecule has 1 saturated heterocycles. The number of rotatable bonds is 6. The fourth-order valence-electron chi connectivity index (χ4n) is 2.47. The Morgan fingerprint density at radius 1 is 1.56 bits per heavy atom. The van der Waals surface area contributed by atoms with E-state index in [2.05, 4.69) is 43.2 Å². The van der Waals surface area contributed by atoms with Gasteiger partial charge in [0.25, 0.3) is 0 Å². The molecular weight excluding hydrogens is 378 g/mol. The summed E-state index contributed by atoms with van der Waals surface area (Å²) in [5, 5.41) is 3.41. The average Bonchev–Trinajstić information content (AvgIpc) is 2.95. The largest absolute Gasteiger partial charge is 0.378 e. The fraction of sp³-hybridized carbons (Fsp3) is 0.692. The second-order valence-corrected chi connectivity index (χ2v) is 8.44. The fourth-order valence-corrected chi connectivity index (χ4v) is 5.44. The van der Waals surface area contributed by atoms with Crippen molar-refractivity contribution in [1.82, 2.24) is 5.32 Å². The third-order valence-electron chi connectivity index (χ3n) is 3.45. The van der Waals surface area contributed by atoms with Crippen LogP contribution < -0.4 is 5.32 Å². The Balaban J connectivity index is 1.83. The van der Waals surface area contributed by atoms with Gasteiger partial charge in [0.2, 0.25) is 0 Å². The Morgan fingerprint density at radius 2 is 2.39 bits per heavy atom. The van der Waals surface area contributed by atoms with Crippen LogP contribution in [0.4, 0.5) is 0 Å². The highest BCUT2D eigenvalue weighted by Gasteiger charge is 2.18. The number of ether oxygens (including phenoxy) is 1. The van der Waals surface area contributed by atoms with Gasteiger partial charge in [-0.25, -0.2) is 0 Å². The molecule has 2 unspecified atom stereocenters. The predicted octanol–water partition coefficient (Wildman–Crippen LogP) is 4.88. The molecule has 2 atom stereocenters. The van der Waals surface area contributed by atoms with E-state index in [0.29, 0.717) is 12.1 Å². The minimum Gasteiger partial charge on any atom is -0.378 e. The Hall–Kier alpha value is 0.580. The Morgan fingerprint density at radius 3 is 2.94 bits per heavy atom. The van der Waals surface area contributed by atoms with Crippen LogP contribution in [0, 0.1) is 0 Å². The molecule has 0 saturated carbocycles. The highest BCUT2D eigenvalue weighted by Crippen LogP contribution is 2.37. The standard InChI is InChI=1S/C13H19Br2NOS/c1-16-11(10-8-12(14)18-13(10)15)6-2-4-9-5-3-7-17-9/h8-9,11,16H,2-7H2,1H3. The summed E-state index contributed by atoms with van der Waals surface area (Å²) in [5.41, 5.74) is 1.36. The first-order chi connectivity index (χ1) is 8.70. The lowest BCUT2D eigenvalue weighted by atomic mass is 10.0. The third-order valence-corrected chi connectivity index (χ3v) is 5.84. The van der Waals surface area contributed by atoms with E-state index >= 15 is 0 Å². The van der Waals surface area contributed by atoms with Crippen LogP contribution in [0.2, 0.25) is 0 Å². The van der Waals surface area contributed by atoms with Crippen molar-refractivity contribution in [2.24, 2.45) is 0 Å². The maximum atomic E-state index is 5.67. The number of hydrogen-bond donors (Lipinski definition) is 1. The lowest BCUT2D eigenvalue weighted by Crippen LogP contribution is -2.17. The SMILES string of the molecule is CNC(CCCC1CCCO1)c1cc(Br)sc1Br. The summed E-state index contributed by atoms with van der Waals surface area (Å²) in [7, 11) is 2.04. The molecule has 2 rings (SSSR count). The predicted molar refractivity (Wildman–Crippen MR) is 84.3 cm³/mol. The summed E-state index contributed by atoms with van der Waals surface area (Å²) in [6, 6.07) is 2.64. The van der Waals surface area contributed by atoms with E-state index in [-0.39, 0.29) is 0 Å². The zero-order valence-electron chi connectivity index (χ0n) is 10.5. The molecule has 0 amide bonds. The monoisotopic (exact) mass is 395 g/mol. The topological polar surface area (TPSA) is 21.3 Å². The minimum absolute atomic E-state index is 0.434. The van der Waals surface area contributed by atoms with Gasteiger partial charge in [-0.15, -0.1) is 11.3 Å². The smallest absolute Gasteiger partial charge is 0.0758 e. The Bertz CT molecular complexity index is 377. The van der Waals surface area contributed by atoms with E-state index in [1.54, 1.807) is 11.3 Å². The van der Waals surface area contributed by atoms with Crippen LogP contribution in [0.1, 0.15) is 43.7 Å². The summed E-state index contributed by atoms with van der Waals surface area (Å²) in [4.78, 5) is 0. The first kappa shape index (κ1) is 15.0. The van der Waals surface area contributed by atoms with E-state index in [1.165, 1.54) is 38.8 Å². The van der Waals surface area contributed by atoms with Crippen molar-refractivity contribution in [2.45, 2.75) is 44.2 Å². The van der Waals surface area contributed by atoms with Crippen molar-refractivity contribution in [1.29, 1.82) is 0 Å². The van der Waals surface area contributed by atoms with Crippen molar-refractivity contribution < 1.29 is 4.74 Å². The number of hydrogen-bond acceptors (Lipinski definition) is 3. The lowest BCUT2D eigenvalue weighted by molar-refractivity contribution is 0.101. The van der Waals surface area contributed by atoms with E-state index in [4.69, 9.17) is 4.74 Å². The van der Waals surface area contributed by atoms with E-state index in [1.807, 2.05) is 7.05 Å². The molecular formula is C13H19Br2NOS. The molecule has 2 nitrogen and oxygen atoms in total. The highest BCUT2D eigenvalue weighted by molar-refractivity contribution is 9.12. The van der Waals surface area contributed by atoms with Crippen LogP contribution in [0.3, 0.4) is 0 Å². The molecule has 1 aromatic heterocycles. The molecule has 1 aromatic rings. The molecule has 2 heterocycles. The molecule has 0 spiro atoms. The number of nitrogens with one attached hydrogen (secondary N) is 1. The number of halogens is 2. The summed E-state index contributed by atoms with van der Waals surface area (Å²) < 4.78 is 8.08. The second kappa shape index (κ2) is 7.39. The zero-order valence-corrected chi connectivity index (χ0v) is 14.5. The van der Waals surface area contributed by atoms with Gasteiger partial charge in [0, 0.05) is 12.6 Å². The van der Waals surface area contributed by atoms with Gasteiger partial charge in [0.15, 0.2) is 0 Å². The van der Waals surface area contributed by atoms with Gasteiger partial charge in [-0.1, -0.05) is 0 Å². The van der Waals surface area contributed by atoms with Crippen molar-refractivity contribution in [3.8, 4) is 0 Å². The van der Waals surface area contributed by atoms with Crippen molar-refractivity contribution >= 4 is 43.2 Å². The average molecular weight is 397 g/mol. The van der Waals surface area contributed by atoms with Crippen LogP contribution in [0.25, 0.3) is 0 Å². The molecule has 102 valence electrons. The molecule has 1 N–H and O–H groups in total. The minimum atomic E-state index is 0.434. The highest BCUT2D eigenvalue weighted by atomic mass is 79.9. The van der Waals surface area contributed by atoms with Gasteiger partial charge in [-0.05, 0) is 82.6 Å². The molecule has 0 aromatic carbocycles. The van der Waals surface area contributed by atoms with Gasteiger partial charge in [-0.3, -0.25) is 0 Å². The van der Waals surface area contributed by atoms with Crippen LogP contribution in [0.15, 0.2) is 13.6 Å². The molecule has 1 fully saturated rings.